The van der Waals surface area contributed by atoms with Gasteiger partial charge in [0.1, 0.15) is 10.6 Å². The molecule has 0 spiro atoms. The number of nitrogens with one attached hydrogen (secondary N) is 1. The highest BCUT2D eigenvalue weighted by Crippen LogP contribution is 2.24. The Bertz CT molecular complexity index is 702. The van der Waals surface area contributed by atoms with E-state index in [1.54, 1.807) is 18.2 Å². The Hall–Kier alpha value is -2.35. The van der Waals surface area contributed by atoms with Gasteiger partial charge in [-0.15, -0.1) is 0 Å². The monoisotopic (exact) mass is 309 g/mol. The number of rotatable bonds is 6. The first-order chi connectivity index (χ1) is 10.1. The van der Waals surface area contributed by atoms with Crippen LogP contribution >= 0.6 is 0 Å². The molecule has 0 bridgehead atoms. The van der Waals surface area contributed by atoms with Gasteiger partial charge >= 0.3 is 6.01 Å². The van der Waals surface area contributed by atoms with Crippen molar-refractivity contribution in [2.24, 2.45) is 0 Å². The van der Waals surface area contributed by atoms with Crippen LogP contribution in [0.15, 0.2) is 41.6 Å². The second-order valence-electron chi connectivity index (χ2n) is 3.94. The van der Waals surface area contributed by atoms with E-state index in [0.717, 1.165) is 0 Å². The third-order valence-corrected chi connectivity index (χ3v) is 3.93. The third-order valence-electron chi connectivity index (χ3n) is 2.51. The van der Waals surface area contributed by atoms with Gasteiger partial charge in [0.25, 0.3) is 10.0 Å². The number of sulfonamides is 1. The van der Waals surface area contributed by atoms with Gasteiger partial charge in [0, 0.05) is 0 Å². The van der Waals surface area contributed by atoms with Crippen LogP contribution < -0.4 is 14.2 Å². The third kappa shape index (κ3) is 3.60. The number of methoxy groups -OCH3 is 1. The first-order valence-corrected chi connectivity index (χ1v) is 7.66. The van der Waals surface area contributed by atoms with Crippen molar-refractivity contribution in [1.82, 2.24) is 9.97 Å². The molecule has 2 aromatic rings. The second-order valence-corrected chi connectivity index (χ2v) is 5.59. The molecule has 1 N–H and O–H groups in total. The molecule has 0 unspecified atom stereocenters. The van der Waals surface area contributed by atoms with Crippen molar-refractivity contribution in [2.45, 2.75) is 11.8 Å². The normalized spacial score (nSPS) is 11.0. The summed E-state index contributed by atoms with van der Waals surface area (Å²) in [5.41, 5.74) is 0.240. The molecule has 0 radical (unpaired) electrons. The van der Waals surface area contributed by atoms with Crippen molar-refractivity contribution in [3.8, 4) is 11.8 Å². The molecule has 0 aliphatic heterocycles. The average Bonchev–Trinajstić information content (AvgIpc) is 2.49. The molecule has 0 aliphatic rings. The molecule has 7 nitrogen and oxygen atoms in total. The smallest absolute Gasteiger partial charge is 0.316 e. The topological polar surface area (TPSA) is 90.4 Å². The second kappa shape index (κ2) is 6.40. The molecule has 1 aromatic heterocycles. The van der Waals surface area contributed by atoms with Gasteiger partial charge in [-0.3, -0.25) is 4.72 Å². The summed E-state index contributed by atoms with van der Waals surface area (Å²) in [6.45, 7) is 2.24. The number of para-hydroxylation sites is 1. The van der Waals surface area contributed by atoms with Crippen LogP contribution in [0.2, 0.25) is 0 Å². The molecule has 0 amide bonds. The first kappa shape index (κ1) is 15.0. The molecule has 1 aromatic carbocycles. The minimum Gasteiger partial charge on any atom is -0.495 e. The van der Waals surface area contributed by atoms with Crippen LogP contribution in [-0.4, -0.2) is 32.1 Å². The van der Waals surface area contributed by atoms with Crippen LogP contribution in [0.3, 0.4) is 0 Å². The Kier molecular flexibility index (Phi) is 4.59. The van der Waals surface area contributed by atoms with Crippen molar-refractivity contribution in [3.05, 3.63) is 36.7 Å². The quantitative estimate of drug-likeness (QED) is 0.873. The number of benzene rings is 1. The number of anilines is 1. The van der Waals surface area contributed by atoms with Gasteiger partial charge in [-0.05, 0) is 19.1 Å². The van der Waals surface area contributed by atoms with Crippen molar-refractivity contribution < 1.29 is 17.9 Å². The van der Waals surface area contributed by atoms with Gasteiger partial charge in [-0.25, -0.2) is 18.4 Å². The van der Waals surface area contributed by atoms with Gasteiger partial charge in [-0.2, -0.15) is 0 Å². The van der Waals surface area contributed by atoms with E-state index in [1.165, 1.54) is 25.6 Å². The van der Waals surface area contributed by atoms with E-state index in [0.29, 0.717) is 6.61 Å². The fourth-order valence-electron chi connectivity index (χ4n) is 1.62. The zero-order valence-corrected chi connectivity index (χ0v) is 12.4. The predicted octanol–water partition coefficient (Wildman–Crippen LogP) is 1.68. The number of nitrogens with zero attached hydrogens (tertiary/aromatic N) is 2. The Morgan fingerprint density at radius 3 is 2.48 bits per heavy atom. The minimum atomic E-state index is -3.78. The van der Waals surface area contributed by atoms with E-state index >= 15 is 0 Å². The van der Waals surface area contributed by atoms with Crippen LogP contribution in [0.25, 0.3) is 0 Å². The summed E-state index contributed by atoms with van der Waals surface area (Å²) >= 11 is 0. The van der Waals surface area contributed by atoms with E-state index < -0.39 is 10.0 Å². The molecule has 0 atom stereocenters. The van der Waals surface area contributed by atoms with Crippen molar-refractivity contribution in [1.29, 1.82) is 0 Å². The Labute approximate surface area is 123 Å². The van der Waals surface area contributed by atoms with E-state index in [-0.39, 0.29) is 22.3 Å². The Balaban J connectivity index is 2.24. The summed E-state index contributed by atoms with van der Waals surface area (Å²) in [6.07, 6.45) is 2.68. The maximum absolute atomic E-state index is 12.3. The van der Waals surface area contributed by atoms with Crippen molar-refractivity contribution >= 4 is 15.7 Å². The van der Waals surface area contributed by atoms with Gasteiger partial charge in [0.2, 0.25) is 0 Å². The maximum Gasteiger partial charge on any atom is 0.316 e. The highest BCUT2D eigenvalue weighted by Gasteiger charge is 2.19. The molecule has 0 fully saturated rings. The van der Waals surface area contributed by atoms with Crippen molar-refractivity contribution in [2.75, 3.05) is 18.4 Å². The summed E-state index contributed by atoms with van der Waals surface area (Å²) in [5.74, 6) is 0.261. The zero-order valence-electron chi connectivity index (χ0n) is 11.6. The molecule has 2 rings (SSSR count). The Morgan fingerprint density at radius 2 is 1.86 bits per heavy atom. The van der Waals surface area contributed by atoms with Gasteiger partial charge < -0.3 is 9.47 Å². The fourth-order valence-corrected chi connectivity index (χ4v) is 2.82. The number of hydrogen-bond donors (Lipinski definition) is 1. The lowest BCUT2D eigenvalue weighted by Crippen LogP contribution is -2.14. The van der Waals surface area contributed by atoms with Gasteiger partial charge in [0.05, 0.1) is 31.8 Å². The maximum atomic E-state index is 12.3. The first-order valence-electron chi connectivity index (χ1n) is 6.17. The molecule has 8 heteroatoms. The average molecular weight is 309 g/mol. The minimum absolute atomic E-state index is 0.0429. The standard InChI is InChI=1S/C13H15N3O4S/c1-3-20-13-14-8-10(9-15-13)16-21(17,18)12-7-5-4-6-11(12)19-2/h4-9,16H,3H2,1-2H3. The van der Waals surface area contributed by atoms with Gasteiger partial charge in [-0.1, -0.05) is 12.1 Å². The molecule has 21 heavy (non-hydrogen) atoms. The van der Waals surface area contributed by atoms with Crippen molar-refractivity contribution in [3.63, 3.8) is 0 Å². The SMILES string of the molecule is CCOc1ncc(NS(=O)(=O)c2ccccc2OC)cn1. The molecule has 0 aliphatic carbocycles. The highest BCUT2D eigenvalue weighted by molar-refractivity contribution is 7.92. The van der Waals surface area contributed by atoms with Crippen LogP contribution in [-0.2, 0) is 10.0 Å². The van der Waals surface area contributed by atoms with E-state index in [2.05, 4.69) is 14.7 Å². The lowest BCUT2D eigenvalue weighted by molar-refractivity contribution is 0.312. The van der Waals surface area contributed by atoms with Crippen LogP contribution in [0.5, 0.6) is 11.8 Å². The summed E-state index contributed by atoms with van der Waals surface area (Å²) in [4.78, 5) is 7.84. The number of aromatic nitrogens is 2. The fraction of sp³-hybridized carbons (Fsp3) is 0.231. The molecular formula is C13H15N3O4S. The predicted molar refractivity (Wildman–Crippen MR) is 77.0 cm³/mol. The molecule has 0 saturated heterocycles. The van der Waals surface area contributed by atoms with E-state index in [9.17, 15) is 8.42 Å². The van der Waals surface area contributed by atoms with Crippen LogP contribution in [0.4, 0.5) is 5.69 Å². The highest BCUT2D eigenvalue weighted by atomic mass is 32.2. The summed E-state index contributed by atoms with van der Waals surface area (Å²) in [7, 11) is -2.37. The molecule has 0 saturated carbocycles. The lowest BCUT2D eigenvalue weighted by atomic mass is 10.3. The lowest BCUT2D eigenvalue weighted by Gasteiger charge is -2.11. The van der Waals surface area contributed by atoms with E-state index in [4.69, 9.17) is 9.47 Å². The number of ether oxygens (including phenoxy) is 2. The number of hydrogen-bond acceptors (Lipinski definition) is 6. The summed E-state index contributed by atoms with van der Waals surface area (Å²) in [6, 6.07) is 6.53. The molecule has 112 valence electrons. The summed E-state index contributed by atoms with van der Waals surface area (Å²) in [5, 5.41) is 0. The zero-order chi connectivity index (χ0) is 15.3. The Morgan fingerprint density at radius 1 is 1.19 bits per heavy atom. The van der Waals surface area contributed by atoms with Crippen LogP contribution in [0.1, 0.15) is 6.92 Å². The van der Waals surface area contributed by atoms with E-state index in [1.807, 2.05) is 6.92 Å². The van der Waals surface area contributed by atoms with Crippen LogP contribution in [0, 0.1) is 0 Å². The van der Waals surface area contributed by atoms with Gasteiger partial charge in [0.15, 0.2) is 0 Å². The summed E-state index contributed by atoms with van der Waals surface area (Å²) < 4.78 is 37.2. The molecule has 1 heterocycles. The largest absolute Gasteiger partial charge is 0.495 e. The molecular weight excluding hydrogens is 294 g/mol.